The van der Waals surface area contributed by atoms with E-state index >= 15 is 0 Å². The molecule has 0 radical (unpaired) electrons. The van der Waals surface area contributed by atoms with E-state index in [1.165, 1.54) is 25.9 Å². The molecule has 60 valence electrons. The first-order chi connectivity index (χ1) is 4.41. The second kappa shape index (κ2) is 3.07. The molecule has 0 aromatic carbocycles. The van der Waals surface area contributed by atoms with Gasteiger partial charge in [-0.2, -0.15) is 0 Å². The van der Waals surface area contributed by atoms with Crippen molar-refractivity contribution in [3.63, 3.8) is 0 Å². The molecule has 0 bridgehead atoms. The van der Waals surface area contributed by atoms with Crippen LogP contribution in [0.4, 0.5) is 0 Å². The number of piperidine rings is 1. The molecule has 2 fully saturated rings. The zero-order valence-electron chi connectivity index (χ0n) is 6.06. The average molecular weight is 164 g/mol. The first-order valence-electron chi connectivity index (χ1n) is 3.70. The normalized spacial score (nSPS) is 28.8. The maximum atomic E-state index is 5.19. The standard InChI is InChI=1S/C7H13NO.ClH/c1-3-8-4-2-7(1)5-9-6-7;/h8H,1-6H2;1H. The highest BCUT2D eigenvalue weighted by Gasteiger charge is 2.38. The topological polar surface area (TPSA) is 21.3 Å². The van der Waals surface area contributed by atoms with Gasteiger partial charge in [-0.05, 0) is 25.9 Å². The van der Waals surface area contributed by atoms with Crippen molar-refractivity contribution in [1.82, 2.24) is 5.32 Å². The molecule has 0 aromatic rings. The van der Waals surface area contributed by atoms with E-state index in [-0.39, 0.29) is 12.4 Å². The van der Waals surface area contributed by atoms with Crippen molar-refractivity contribution in [3.8, 4) is 0 Å². The van der Waals surface area contributed by atoms with Crippen molar-refractivity contribution in [3.05, 3.63) is 0 Å². The number of rotatable bonds is 0. The van der Waals surface area contributed by atoms with Crippen LogP contribution in [0.2, 0.25) is 0 Å². The minimum Gasteiger partial charge on any atom is -0.380 e. The smallest absolute Gasteiger partial charge is 0.0545 e. The molecule has 2 rings (SSSR count). The summed E-state index contributed by atoms with van der Waals surface area (Å²) in [6, 6.07) is 0. The molecule has 1 spiro atoms. The van der Waals surface area contributed by atoms with E-state index in [2.05, 4.69) is 5.32 Å². The van der Waals surface area contributed by atoms with Crippen LogP contribution in [0.25, 0.3) is 0 Å². The molecular formula is C7H14ClNO. The maximum Gasteiger partial charge on any atom is 0.0545 e. The Morgan fingerprint density at radius 1 is 1.10 bits per heavy atom. The van der Waals surface area contributed by atoms with Gasteiger partial charge >= 0.3 is 0 Å². The van der Waals surface area contributed by atoms with Crippen molar-refractivity contribution in [2.75, 3.05) is 26.3 Å². The Labute approximate surface area is 67.7 Å². The number of nitrogens with one attached hydrogen (secondary N) is 1. The lowest BCUT2D eigenvalue weighted by molar-refractivity contribution is -0.127. The minimum atomic E-state index is 0. The van der Waals surface area contributed by atoms with Crippen LogP contribution in [-0.4, -0.2) is 26.3 Å². The van der Waals surface area contributed by atoms with Crippen LogP contribution >= 0.6 is 12.4 Å². The van der Waals surface area contributed by atoms with E-state index in [0.717, 1.165) is 13.2 Å². The Kier molecular flexibility index (Phi) is 2.55. The summed E-state index contributed by atoms with van der Waals surface area (Å²) in [5.41, 5.74) is 0.616. The molecular weight excluding hydrogens is 150 g/mol. The molecule has 10 heavy (non-hydrogen) atoms. The summed E-state index contributed by atoms with van der Waals surface area (Å²) in [5.74, 6) is 0. The Morgan fingerprint density at radius 2 is 1.70 bits per heavy atom. The van der Waals surface area contributed by atoms with Crippen molar-refractivity contribution in [1.29, 1.82) is 0 Å². The summed E-state index contributed by atoms with van der Waals surface area (Å²) in [5, 5.41) is 3.35. The van der Waals surface area contributed by atoms with Crippen LogP contribution in [0.3, 0.4) is 0 Å². The molecule has 0 amide bonds. The monoisotopic (exact) mass is 163 g/mol. The van der Waals surface area contributed by atoms with Crippen LogP contribution in [-0.2, 0) is 4.74 Å². The van der Waals surface area contributed by atoms with Gasteiger partial charge in [0, 0.05) is 5.41 Å². The number of halogens is 1. The first kappa shape index (κ1) is 8.31. The van der Waals surface area contributed by atoms with Crippen LogP contribution < -0.4 is 5.32 Å². The Hall–Kier alpha value is 0.210. The molecule has 3 heteroatoms. The quantitative estimate of drug-likeness (QED) is 0.571. The van der Waals surface area contributed by atoms with Crippen molar-refractivity contribution in [2.24, 2.45) is 5.41 Å². The van der Waals surface area contributed by atoms with Gasteiger partial charge < -0.3 is 10.1 Å². The van der Waals surface area contributed by atoms with Gasteiger partial charge in [0.15, 0.2) is 0 Å². The molecule has 2 aliphatic heterocycles. The second-order valence-electron chi connectivity index (χ2n) is 3.24. The Balaban J connectivity index is 0.000000500. The van der Waals surface area contributed by atoms with E-state index < -0.39 is 0 Å². The van der Waals surface area contributed by atoms with Gasteiger partial charge in [0.1, 0.15) is 0 Å². The third kappa shape index (κ3) is 1.29. The van der Waals surface area contributed by atoms with Gasteiger partial charge in [-0.15, -0.1) is 12.4 Å². The highest BCUT2D eigenvalue weighted by atomic mass is 35.5. The lowest BCUT2D eigenvalue weighted by Gasteiger charge is -2.44. The molecule has 0 saturated carbocycles. The summed E-state index contributed by atoms with van der Waals surface area (Å²) in [6.07, 6.45) is 2.65. The third-order valence-electron chi connectivity index (χ3n) is 2.48. The van der Waals surface area contributed by atoms with Crippen LogP contribution in [0.5, 0.6) is 0 Å². The fourth-order valence-corrected chi connectivity index (χ4v) is 1.64. The van der Waals surface area contributed by atoms with Gasteiger partial charge in [-0.3, -0.25) is 0 Å². The molecule has 1 N–H and O–H groups in total. The van der Waals surface area contributed by atoms with Crippen molar-refractivity contribution < 1.29 is 4.74 Å². The molecule has 0 aromatic heterocycles. The van der Waals surface area contributed by atoms with Crippen LogP contribution in [0, 0.1) is 5.41 Å². The lowest BCUT2D eigenvalue weighted by Crippen LogP contribution is -2.49. The van der Waals surface area contributed by atoms with Gasteiger partial charge in [-0.1, -0.05) is 0 Å². The van der Waals surface area contributed by atoms with E-state index in [1.54, 1.807) is 0 Å². The minimum absolute atomic E-state index is 0. The number of hydrogen-bond donors (Lipinski definition) is 1. The SMILES string of the molecule is C1CC2(CCN1)COC2.Cl. The zero-order chi connectivity index (χ0) is 6.16. The van der Waals surface area contributed by atoms with E-state index in [4.69, 9.17) is 4.74 Å². The molecule has 0 atom stereocenters. The van der Waals surface area contributed by atoms with E-state index in [0.29, 0.717) is 5.41 Å². The fraction of sp³-hybridized carbons (Fsp3) is 1.00. The number of hydrogen-bond acceptors (Lipinski definition) is 2. The molecule has 2 nitrogen and oxygen atoms in total. The zero-order valence-corrected chi connectivity index (χ0v) is 6.88. The summed E-state index contributed by atoms with van der Waals surface area (Å²) >= 11 is 0. The predicted molar refractivity (Wildman–Crippen MR) is 42.6 cm³/mol. The molecule has 0 unspecified atom stereocenters. The largest absolute Gasteiger partial charge is 0.380 e. The molecule has 2 saturated heterocycles. The third-order valence-corrected chi connectivity index (χ3v) is 2.48. The van der Waals surface area contributed by atoms with Gasteiger partial charge in [0.2, 0.25) is 0 Å². The molecule has 2 heterocycles. The number of ether oxygens (including phenoxy) is 1. The van der Waals surface area contributed by atoms with Crippen molar-refractivity contribution in [2.45, 2.75) is 12.8 Å². The van der Waals surface area contributed by atoms with Gasteiger partial charge in [0.05, 0.1) is 13.2 Å². The molecule has 2 aliphatic rings. The average Bonchev–Trinajstić information content (AvgIpc) is 1.87. The van der Waals surface area contributed by atoms with E-state index in [9.17, 15) is 0 Å². The summed E-state index contributed by atoms with van der Waals surface area (Å²) < 4.78 is 5.19. The second-order valence-corrected chi connectivity index (χ2v) is 3.24. The van der Waals surface area contributed by atoms with Gasteiger partial charge in [-0.25, -0.2) is 0 Å². The van der Waals surface area contributed by atoms with Crippen molar-refractivity contribution >= 4 is 12.4 Å². The van der Waals surface area contributed by atoms with E-state index in [1.807, 2.05) is 0 Å². The molecule has 0 aliphatic carbocycles. The fourth-order valence-electron chi connectivity index (χ4n) is 1.64. The first-order valence-corrected chi connectivity index (χ1v) is 3.70. The highest BCUT2D eigenvalue weighted by molar-refractivity contribution is 5.85. The van der Waals surface area contributed by atoms with Gasteiger partial charge in [0.25, 0.3) is 0 Å². The predicted octanol–water partition coefficient (Wildman–Crippen LogP) is 0.808. The maximum absolute atomic E-state index is 5.19. The van der Waals surface area contributed by atoms with Crippen LogP contribution in [0.1, 0.15) is 12.8 Å². The highest BCUT2D eigenvalue weighted by Crippen LogP contribution is 2.35. The van der Waals surface area contributed by atoms with Crippen LogP contribution in [0.15, 0.2) is 0 Å². The lowest BCUT2D eigenvalue weighted by atomic mass is 9.77. The summed E-state index contributed by atoms with van der Waals surface area (Å²) in [4.78, 5) is 0. The Bertz CT molecular complexity index is 106. The summed E-state index contributed by atoms with van der Waals surface area (Å²) in [7, 11) is 0. The summed E-state index contributed by atoms with van der Waals surface area (Å²) in [6.45, 7) is 4.44. The Morgan fingerprint density at radius 3 is 2.00 bits per heavy atom.